The van der Waals surface area contributed by atoms with Crippen LogP contribution in [0, 0.1) is 12.3 Å². The Labute approximate surface area is 95.1 Å². The number of carboxylic acids is 1. The van der Waals surface area contributed by atoms with Crippen molar-refractivity contribution in [1.29, 1.82) is 0 Å². The Morgan fingerprint density at radius 1 is 1.44 bits per heavy atom. The molecule has 0 saturated heterocycles. The normalized spacial score (nSPS) is 11.2. The maximum absolute atomic E-state index is 11.0. The van der Waals surface area contributed by atoms with Crippen LogP contribution in [0.25, 0.3) is 0 Å². The molecule has 0 fully saturated rings. The minimum Gasteiger partial charge on any atom is -0.481 e. The highest BCUT2D eigenvalue weighted by Gasteiger charge is 2.27. The van der Waals surface area contributed by atoms with Crippen LogP contribution < -0.4 is 0 Å². The van der Waals surface area contributed by atoms with Gasteiger partial charge in [-0.3, -0.25) is 9.59 Å². The van der Waals surface area contributed by atoms with E-state index in [0.29, 0.717) is 12.0 Å². The average molecular weight is 220 g/mol. The van der Waals surface area contributed by atoms with Gasteiger partial charge in [-0.05, 0) is 44.4 Å². The number of carbonyl (C=O) groups is 2. The molecule has 0 saturated carbocycles. The summed E-state index contributed by atoms with van der Waals surface area (Å²) in [6.07, 6.45) is 1.22. The molecule has 0 unspecified atom stereocenters. The van der Waals surface area contributed by atoms with Crippen molar-refractivity contribution in [2.75, 3.05) is 0 Å². The first-order chi connectivity index (χ1) is 7.36. The van der Waals surface area contributed by atoms with Crippen molar-refractivity contribution in [2.45, 2.75) is 27.2 Å². The Bertz CT molecular complexity index is 419. The van der Waals surface area contributed by atoms with Gasteiger partial charge in [0.25, 0.3) is 0 Å². The monoisotopic (exact) mass is 220 g/mol. The number of hydrogen-bond acceptors (Lipinski definition) is 2. The summed E-state index contributed by atoms with van der Waals surface area (Å²) in [4.78, 5) is 21.7. The molecule has 86 valence electrons. The molecule has 16 heavy (non-hydrogen) atoms. The highest BCUT2D eigenvalue weighted by Crippen LogP contribution is 2.23. The minimum absolute atomic E-state index is 0.420. The van der Waals surface area contributed by atoms with Crippen molar-refractivity contribution in [2.24, 2.45) is 5.41 Å². The first kappa shape index (κ1) is 12.4. The Balaban J connectivity index is 2.99. The van der Waals surface area contributed by atoms with E-state index in [2.05, 4.69) is 0 Å². The van der Waals surface area contributed by atoms with E-state index < -0.39 is 11.4 Å². The molecule has 1 N–H and O–H groups in total. The third-order valence-electron chi connectivity index (χ3n) is 2.70. The van der Waals surface area contributed by atoms with E-state index in [1.54, 1.807) is 19.9 Å². The van der Waals surface area contributed by atoms with Gasteiger partial charge in [0.05, 0.1) is 5.41 Å². The highest BCUT2D eigenvalue weighted by molar-refractivity contribution is 5.78. The minimum atomic E-state index is -0.833. The summed E-state index contributed by atoms with van der Waals surface area (Å²) in [7, 11) is 0. The predicted molar refractivity (Wildman–Crippen MR) is 61.7 cm³/mol. The third-order valence-corrected chi connectivity index (χ3v) is 2.70. The maximum atomic E-state index is 11.0. The lowest BCUT2D eigenvalue weighted by molar-refractivity contribution is -0.146. The first-order valence-electron chi connectivity index (χ1n) is 5.15. The molecule has 0 bridgehead atoms. The molecule has 1 aromatic carbocycles. The highest BCUT2D eigenvalue weighted by atomic mass is 16.4. The van der Waals surface area contributed by atoms with Gasteiger partial charge in [-0.1, -0.05) is 12.1 Å². The molecular formula is C13H16O3. The average Bonchev–Trinajstić information content (AvgIpc) is 2.20. The lowest BCUT2D eigenvalue weighted by Gasteiger charge is -2.19. The lowest BCUT2D eigenvalue weighted by Crippen LogP contribution is -2.26. The molecule has 3 heteroatoms. The number of rotatable bonds is 4. The molecule has 0 aromatic heterocycles. The molecule has 0 heterocycles. The fraction of sp³-hybridized carbons (Fsp3) is 0.385. The summed E-state index contributed by atoms with van der Waals surface area (Å²) in [6.45, 7) is 5.21. The summed E-state index contributed by atoms with van der Waals surface area (Å²) in [5.74, 6) is -0.833. The van der Waals surface area contributed by atoms with Crippen LogP contribution in [0.3, 0.4) is 0 Å². The number of aryl methyl sites for hydroxylation is 1. The molecule has 0 aliphatic rings. The van der Waals surface area contributed by atoms with E-state index in [1.807, 2.05) is 19.1 Å². The van der Waals surface area contributed by atoms with Crippen LogP contribution >= 0.6 is 0 Å². The lowest BCUT2D eigenvalue weighted by atomic mass is 9.85. The zero-order valence-electron chi connectivity index (χ0n) is 9.78. The Morgan fingerprint density at radius 3 is 2.56 bits per heavy atom. The molecule has 1 aromatic rings. The summed E-state index contributed by atoms with van der Waals surface area (Å²) in [5, 5.41) is 9.01. The second-order valence-corrected chi connectivity index (χ2v) is 4.67. The second kappa shape index (κ2) is 4.47. The number of carboxylic acid groups (broad SMARTS) is 1. The smallest absolute Gasteiger partial charge is 0.309 e. The van der Waals surface area contributed by atoms with Crippen LogP contribution in [-0.2, 0) is 11.2 Å². The number of aliphatic carboxylic acids is 1. The third kappa shape index (κ3) is 2.69. The van der Waals surface area contributed by atoms with E-state index >= 15 is 0 Å². The molecule has 1 rings (SSSR count). The predicted octanol–water partition coefficient (Wildman–Crippen LogP) is 2.46. The van der Waals surface area contributed by atoms with Crippen molar-refractivity contribution < 1.29 is 14.7 Å². The van der Waals surface area contributed by atoms with Gasteiger partial charge in [-0.2, -0.15) is 0 Å². The van der Waals surface area contributed by atoms with Crippen molar-refractivity contribution in [3.8, 4) is 0 Å². The molecule has 0 aliphatic carbocycles. The Kier molecular flexibility index (Phi) is 3.48. The van der Waals surface area contributed by atoms with E-state index in [0.717, 1.165) is 17.4 Å². The SMILES string of the molecule is Cc1ccc(CC(C)(C)C(=O)O)cc1C=O. The quantitative estimate of drug-likeness (QED) is 0.793. The number of carbonyl (C=O) groups excluding carboxylic acids is 1. The fourth-order valence-electron chi connectivity index (χ4n) is 1.51. The molecule has 0 atom stereocenters. The van der Waals surface area contributed by atoms with Crippen molar-refractivity contribution >= 4 is 12.3 Å². The van der Waals surface area contributed by atoms with E-state index in [9.17, 15) is 9.59 Å². The zero-order valence-corrected chi connectivity index (χ0v) is 9.78. The fourth-order valence-corrected chi connectivity index (χ4v) is 1.51. The molecule has 3 nitrogen and oxygen atoms in total. The molecule has 0 radical (unpaired) electrons. The van der Waals surface area contributed by atoms with Crippen LogP contribution in [0.1, 0.15) is 35.3 Å². The van der Waals surface area contributed by atoms with Gasteiger partial charge in [-0.15, -0.1) is 0 Å². The molecule has 0 amide bonds. The number of benzene rings is 1. The van der Waals surface area contributed by atoms with Crippen LogP contribution in [0.4, 0.5) is 0 Å². The van der Waals surface area contributed by atoms with E-state index in [1.165, 1.54) is 0 Å². The van der Waals surface area contributed by atoms with Gasteiger partial charge in [0.1, 0.15) is 6.29 Å². The molecule has 0 aliphatic heterocycles. The van der Waals surface area contributed by atoms with Crippen LogP contribution in [0.5, 0.6) is 0 Å². The number of aldehydes is 1. The standard InChI is InChI=1S/C13H16O3/c1-9-4-5-10(6-11(9)8-14)7-13(2,3)12(15)16/h4-6,8H,7H2,1-3H3,(H,15,16). The first-order valence-corrected chi connectivity index (χ1v) is 5.15. The van der Waals surface area contributed by atoms with Crippen LogP contribution in [0.2, 0.25) is 0 Å². The largest absolute Gasteiger partial charge is 0.481 e. The van der Waals surface area contributed by atoms with E-state index in [4.69, 9.17) is 5.11 Å². The van der Waals surface area contributed by atoms with Gasteiger partial charge in [0, 0.05) is 5.56 Å². The Hall–Kier alpha value is -1.64. The van der Waals surface area contributed by atoms with Crippen molar-refractivity contribution in [3.63, 3.8) is 0 Å². The van der Waals surface area contributed by atoms with Crippen LogP contribution in [-0.4, -0.2) is 17.4 Å². The van der Waals surface area contributed by atoms with Gasteiger partial charge >= 0.3 is 5.97 Å². The van der Waals surface area contributed by atoms with Gasteiger partial charge in [0.15, 0.2) is 0 Å². The van der Waals surface area contributed by atoms with Crippen LogP contribution in [0.15, 0.2) is 18.2 Å². The van der Waals surface area contributed by atoms with Gasteiger partial charge in [-0.25, -0.2) is 0 Å². The van der Waals surface area contributed by atoms with Crippen molar-refractivity contribution in [3.05, 3.63) is 34.9 Å². The summed E-state index contributed by atoms with van der Waals surface area (Å²) in [6, 6.07) is 5.47. The Morgan fingerprint density at radius 2 is 2.06 bits per heavy atom. The summed E-state index contributed by atoms with van der Waals surface area (Å²) < 4.78 is 0. The molecule has 0 spiro atoms. The van der Waals surface area contributed by atoms with E-state index in [-0.39, 0.29) is 0 Å². The van der Waals surface area contributed by atoms with Gasteiger partial charge < -0.3 is 5.11 Å². The summed E-state index contributed by atoms with van der Waals surface area (Å²) in [5.41, 5.74) is 1.60. The molecular weight excluding hydrogens is 204 g/mol. The maximum Gasteiger partial charge on any atom is 0.309 e. The van der Waals surface area contributed by atoms with Gasteiger partial charge in [0.2, 0.25) is 0 Å². The second-order valence-electron chi connectivity index (χ2n) is 4.67. The zero-order chi connectivity index (χ0) is 12.3. The van der Waals surface area contributed by atoms with Crippen molar-refractivity contribution in [1.82, 2.24) is 0 Å². The number of hydrogen-bond donors (Lipinski definition) is 1. The topological polar surface area (TPSA) is 54.4 Å². The summed E-state index contributed by atoms with van der Waals surface area (Å²) >= 11 is 0.